The normalized spacial score (nSPS) is 19.9. The van der Waals surface area contributed by atoms with Gasteiger partial charge in [0.15, 0.2) is 0 Å². The van der Waals surface area contributed by atoms with E-state index in [0.717, 1.165) is 31.5 Å². The van der Waals surface area contributed by atoms with Gasteiger partial charge in [-0.3, -0.25) is 9.58 Å². The lowest BCUT2D eigenvalue weighted by atomic mass is 9.92. The van der Waals surface area contributed by atoms with Gasteiger partial charge in [-0.15, -0.1) is 0 Å². The highest BCUT2D eigenvalue weighted by atomic mass is 19.1. The van der Waals surface area contributed by atoms with Gasteiger partial charge < -0.3 is 4.74 Å². The topological polar surface area (TPSA) is 47.4 Å². The number of aromatic nitrogens is 2. The first-order chi connectivity index (χ1) is 11.6. The number of hydrogen-bond donors (Lipinski definition) is 0. The van der Waals surface area contributed by atoms with E-state index in [4.69, 9.17) is 4.74 Å². The lowest BCUT2D eigenvalue weighted by molar-refractivity contribution is -0.147. The molecule has 2 heterocycles. The summed E-state index contributed by atoms with van der Waals surface area (Å²) < 4.78 is 20.1. The quantitative estimate of drug-likeness (QED) is 0.808. The maximum Gasteiger partial charge on any atom is 0.327 e. The van der Waals surface area contributed by atoms with Crippen LogP contribution in [0.15, 0.2) is 36.5 Å². The Hall–Kier alpha value is -2.21. The van der Waals surface area contributed by atoms with Crippen LogP contribution in [0.25, 0.3) is 0 Å². The Balaban J connectivity index is 1.86. The molecule has 0 radical (unpaired) electrons. The Bertz CT molecular complexity index is 699. The van der Waals surface area contributed by atoms with Gasteiger partial charge in [-0.2, -0.15) is 5.10 Å². The molecule has 0 amide bonds. The van der Waals surface area contributed by atoms with Crippen molar-refractivity contribution in [2.45, 2.75) is 24.8 Å². The van der Waals surface area contributed by atoms with E-state index in [1.807, 2.05) is 17.8 Å². The second kappa shape index (κ2) is 7.13. The van der Waals surface area contributed by atoms with Gasteiger partial charge in [0.25, 0.3) is 0 Å². The molecule has 1 aliphatic heterocycles. The average molecular weight is 331 g/mol. The van der Waals surface area contributed by atoms with Crippen molar-refractivity contribution in [1.29, 1.82) is 0 Å². The number of aryl methyl sites for hydroxylation is 1. The van der Waals surface area contributed by atoms with E-state index < -0.39 is 6.04 Å². The van der Waals surface area contributed by atoms with E-state index in [1.54, 1.807) is 18.3 Å². The van der Waals surface area contributed by atoms with Crippen LogP contribution in [0.4, 0.5) is 4.39 Å². The maximum atomic E-state index is 13.2. The predicted octanol–water partition coefficient (Wildman–Crippen LogP) is 2.65. The summed E-state index contributed by atoms with van der Waals surface area (Å²) in [5.41, 5.74) is 1.93. The van der Waals surface area contributed by atoms with Crippen LogP contribution in [-0.2, 0) is 16.6 Å². The molecule has 0 spiro atoms. The van der Waals surface area contributed by atoms with Gasteiger partial charge in [0, 0.05) is 31.4 Å². The van der Waals surface area contributed by atoms with Crippen LogP contribution in [0.1, 0.15) is 36.1 Å². The number of likely N-dealkylation sites (tertiary alicyclic amines) is 1. The number of piperidine rings is 1. The fourth-order valence-electron chi connectivity index (χ4n) is 3.52. The number of hydrogen-bond acceptors (Lipinski definition) is 4. The van der Waals surface area contributed by atoms with Crippen molar-refractivity contribution >= 4 is 5.97 Å². The molecule has 128 valence electrons. The third-order valence-corrected chi connectivity index (χ3v) is 4.71. The second-order valence-electron chi connectivity index (χ2n) is 6.19. The van der Waals surface area contributed by atoms with Crippen LogP contribution in [0.3, 0.4) is 0 Å². The number of ether oxygens (including phenoxy) is 1. The fourth-order valence-corrected chi connectivity index (χ4v) is 3.52. The summed E-state index contributed by atoms with van der Waals surface area (Å²) in [5, 5.41) is 4.25. The van der Waals surface area contributed by atoms with Crippen molar-refractivity contribution in [3.63, 3.8) is 0 Å². The maximum absolute atomic E-state index is 13.2. The molecule has 2 atom stereocenters. The highest BCUT2D eigenvalue weighted by molar-refractivity contribution is 5.77. The summed E-state index contributed by atoms with van der Waals surface area (Å²) >= 11 is 0. The molecule has 0 saturated carbocycles. The minimum absolute atomic E-state index is 0.311. The number of carbonyl (C=O) groups is 1. The van der Waals surface area contributed by atoms with Crippen LogP contribution in [0.2, 0.25) is 0 Å². The standard InChI is InChI=1S/C18H22FN3O2/c1-21-16(9-10-20-21)14-4-3-11-22(12-14)17(18(23)24-2)13-5-7-15(19)8-6-13/h5-10,14,17H,3-4,11-12H2,1-2H3/t14-,17+/m1/s1. The van der Waals surface area contributed by atoms with E-state index in [2.05, 4.69) is 10.00 Å². The van der Waals surface area contributed by atoms with Crippen molar-refractivity contribution in [1.82, 2.24) is 14.7 Å². The third kappa shape index (κ3) is 3.33. The summed E-state index contributed by atoms with van der Waals surface area (Å²) in [5.74, 6) is -0.306. The molecule has 0 unspecified atom stereocenters. The number of rotatable bonds is 4. The van der Waals surface area contributed by atoms with Gasteiger partial charge in [-0.25, -0.2) is 9.18 Å². The summed E-state index contributed by atoms with van der Waals surface area (Å²) in [4.78, 5) is 14.5. The third-order valence-electron chi connectivity index (χ3n) is 4.71. The van der Waals surface area contributed by atoms with E-state index in [-0.39, 0.29) is 11.8 Å². The van der Waals surface area contributed by atoms with Crippen molar-refractivity contribution < 1.29 is 13.9 Å². The molecule has 2 aromatic rings. The van der Waals surface area contributed by atoms with Crippen molar-refractivity contribution in [2.75, 3.05) is 20.2 Å². The van der Waals surface area contributed by atoms with E-state index in [1.165, 1.54) is 24.9 Å². The van der Waals surface area contributed by atoms with E-state index in [9.17, 15) is 9.18 Å². The minimum atomic E-state index is -0.508. The Morgan fingerprint density at radius 2 is 2.08 bits per heavy atom. The number of nitrogens with zero attached hydrogens (tertiary/aromatic N) is 3. The van der Waals surface area contributed by atoms with Crippen LogP contribution < -0.4 is 0 Å². The Morgan fingerprint density at radius 1 is 1.33 bits per heavy atom. The lowest BCUT2D eigenvalue weighted by Gasteiger charge is -2.37. The molecule has 1 aliphatic rings. The highest BCUT2D eigenvalue weighted by Crippen LogP contribution is 2.32. The zero-order valence-electron chi connectivity index (χ0n) is 14.0. The van der Waals surface area contributed by atoms with Gasteiger partial charge in [0.05, 0.1) is 7.11 Å². The summed E-state index contributed by atoms with van der Waals surface area (Å²) in [7, 11) is 3.33. The zero-order chi connectivity index (χ0) is 17.1. The molecule has 0 N–H and O–H groups in total. The fraction of sp³-hybridized carbons (Fsp3) is 0.444. The zero-order valence-corrected chi connectivity index (χ0v) is 14.0. The molecule has 5 nitrogen and oxygen atoms in total. The SMILES string of the molecule is COC(=O)[C@H](c1ccc(F)cc1)N1CCC[C@@H](c2ccnn2C)C1. The molecule has 0 aliphatic carbocycles. The molecule has 1 aromatic carbocycles. The van der Waals surface area contributed by atoms with E-state index >= 15 is 0 Å². The van der Waals surface area contributed by atoms with Gasteiger partial charge in [0.1, 0.15) is 11.9 Å². The molecule has 0 bridgehead atoms. The molecule has 6 heteroatoms. The van der Waals surface area contributed by atoms with Crippen LogP contribution in [0, 0.1) is 5.82 Å². The van der Waals surface area contributed by atoms with Crippen molar-refractivity contribution in [3.8, 4) is 0 Å². The highest BCUT2D eigenvalue weighted by Gasteiger charge is 2.33. The lowest BCUT2D eigenvalue weighted by Crippen LogP contribution is -2.41. The van der Waals surface area contributed by atoms with Crippen LogP contribution >= 0.6 is 0 Å². The number of methoxy groups -OCH3 is 1. The van der Waals surface area contributed by atoms with Gasteiger partial charge in [-0.1, -0.05) is 12.1 Å². The first-order valence-corrected chi connectivity index (χ1v) is 8.15. The smallest absolute Gasteiger partial charge is 0.327 e. The molecule has 1 aromatic heterocycles. The molecule has 24 heavy (non-hydrogen) atoms. The summed E-state index contributed by atoms with van der Waals surface area (Å²) in [6.45, 7) is 1.56. The van der Waals surface area contributed by atoms with Gasteiger partial charge in [0.2, 0.25) is 0 Å². The number of carbonyl (C=O) groups excluding carboxylic acids is 1. The molecule has 3 rings (SSSR count). The second-order valence-corrected chi connectivity index (χ2v) is 6.19. The van der Waals surface area contributed by atoms with Crippen molar-refractivity contribution in [3.05, 3.63) is 53.6 Å². The average Bonchev–Trinajstić information content (AvgIpc) is 3.03. The minimum Gasteiger partial charge on any atom is -0.468 e. The molecule has 1 saturated heterocycles. The first-order valence-electron chi connectivity index (χ1n) is 8.15. The monoisotopic (exact) mass is 331 g/mol. The number of benzene rings is 1. The van der Waals surface area contributed by atoms with Gasteiger partial charge >= 0.3 is 5.97 Å². The Labute approximate surface area is 141 Å². The Morgan fingerprint density at radius 3 is 2.71 bits per heavy atom. The van der Waals surface area contributed by atoms with Crippen molar-refractivity contribution in [2.24, 2.45) is 7.05 Å². The van der Waals surface area contributed by atoms with Crippen LogP contribution in [-0.4, -0.2) is 40.8 Å². The molecule has 1 fully saturated rings. The predicted molar refractivity (Wildman–Crippen MR) is 87.9 cm³/mol. The molecular formula is C18H22FN3O2. The van der Waals surface area contributed by atoms with E-state index in [0.29, 0.717) is 5.92 Å². The number of esters is 1. The summed E-state index contributed by atoms with van der Waals surface area (Å²) in [6.07, 6.45) is 3.85. The largest absolute Gasteiger partial charge is 0.468 e. The Kier molecular flexibility index (Phi) is 4.94. The molecular weight excluding hydrogens is 309 g/mol. The van der Waals surface area contributed by atoms with Crippen LogP contribution in [0.5, 0.6) is 0 Å². The first kappa shape index (κ1) is 16.6. The summed E-state index contributed by atoms with van der Waals surface area (Å²) in [6, 6.07) is 7.60. The number of halogens is 1. The van der Waals surface area contributed by atoms with Gasteiger partial charge in [-0.05, 0) is 43.1 Å².